The molecule has 0 aliphatic rings. The molecule has 138 valence electrons. The number of anilines is 1. The van der Waals surface area contributed by atoms with Gasteiger partial charge in [-0.15, -0.1) is 0 Å². The van der Waals surface area contributed by atoms with Gasteiger partial charge in [0, 0.05) is 11.4 Å². The number of primary amides is 1. The second kappa shape index (κ2) is 8.53. The third kappa shape index (κ3) is 4.64. The lowest BCUT2D eigenvalue weighted by Gasteiger charge is -2.05. The molecule has 0 bridgehead atoms. The van der Waals surface area contributed by atoms with Gasteiger partial charge >= 0.3 is 5.97 Å². The van der Waals surface area contributed by atoms with E-state index >= 15 is 0 Å². The fourth-order valence-corrected chi connectivity index (χ4v) is 2.54. The number of hydrogen-bond acceptors (Lipinski definition) is 5. The fourth-order valence-electron chi connectivity index (χ4n) is 2.41. The quantitative estimate of drug-likeness (QED) is 0.719. The van der Waals surface area contributed by atoms with E-state index < -0.39 is 11.9 Å². The molecular weight excluding hydrogens is 360 g/mol. The maximum absolute atomic E-state index is 12.2. The molecule has 1 aromatic carbocycles. The van der Waals surface area contributed by atoms with Crippen molar-refractivity contribution < 1.29 is 23.5 Å². The largest absolute Gasteiger partial charge is 0.462 e. The standard InChI is InChI=1S/C18H19ClN2O5/c1-3-25-18(24)14-10(2)26-17(15(14)16(20)23)21-13(22)9-6-11-4-7-12(19)8-5-11/h4-5,7-8H,3,6,9H2,1-2H3,(H2,20,23)(H,21,22). The minimum Gasteiger partial charge on any atom is -0.462 e. The highest BCUT2D eigenvalue weighted by Crippen LogP contribution is 2.27. The van der Waals surface area contributed by atoms with Crippen molar-refractivity contribution in [1.29, 1.82) is 0 Å². The van der Waals surface area contributed by atoms with Gasteiger partial charge in [-0.3, -0.25) is 14.9 Å². The van der Waals surface area contributed by atoms with Crippen LogP contribution in [0.2, 0.25) is 5.02 Å². The molecule has 0 spiro atoms. The van der Waals surface area contributed by atoms with Crippen LogP contribution in [0.4, 0.5) is 5.88 Å². The lowest BCUT2D eigenvalue weighted by molar-refractivity contribution is -0.116. The van der Waals surface area contributed by atoms with Gasteiger partial charge in [0.25, 0.3) is 5.91 Å². The first-order valence-corrected chi connectivity index (χ1v) is 8.35. The van der Waals surface area contributed by atoms with Crippen LogP contribution in [0.5, 0.6) is 0 Å². The predicted molar refractivity (Wildman–Crippen MR) is 96.3 cm³/mol. The number of hydrogen-bond donors (Lipinski definition) is 2. The number of benzene rings is 1. The Balaban J connectivity index is 2.14. The van der Waals surface area contributed by atoms with Gasteiger partial charge in [0.05, 0.1) is 6.61 Å². The van der Waals surface area contributed by atoms with Gasteiger partial charge < -0.3 is 14.9 Å². The predicted octanol–water partition coefficient (Wildman–Crippen LogP) is 3.09. The molecule has 1 heterocycles. The first-order chi connectivity index (χ1) is 12.3. The van der Waals surface area contributed by atoms with E-state index in [1.54, 1.807) is 19.1 Å². The van der Waals surface area contributed by atoms with E-state index in [-0.39, 0.29) is 41.7 Å². The zero-order valence-corrected chi connectivity index (χ0v) is 15.2. The Hall–Kier alpha value is -2.80. The van der Waals surface area contributed by atoms with Crippen LogP contribution in [-0.2, 0) is 16.0 Å². The maximum Gasteiger partial charge on any atom is 0.342 e. The molecule has 0 atom stereocenters. The van der Waals surface area contributed by atoms with E-state index in [4.69, 9.17) is 26.5 Å². The van der Waals surface area contributed by atoms with Gasteiger partial charge in [0.2, 0.25) is 11.8 Å². The monoisotopic (exact) mass is 378 g/mol. The molecule has 26 heavy (non-hydrogen) atoms. The molecule has 7 nitrogen and oxygen atoms in total. The Morgan fingerprint density at radius 1 is 1.19 bits per heavy atom. The second-order valence-corrected chi connectivity index (χ2v) is 5.93. The van der Waals surface area contributed by atoms with E-state index in [1.165, 1.54) is 6.92 Å². The van der Waals surface area contributed by atoms with Crippen LogP contribution in [0, 0.1) is 6.92 Å². The summed E-state index contributed by atoms with van der Waals surface area (Å²) in [5.41, 5.74) is 6.01. The fraction of sp³-hybridized carbons (Fsp3) is 0.278. The number of halogens is 1. The van der Waals surface area contributed by atoms with Crippen molar-refractivity contribution in [2.24, 2.45) is 5.73 Å². The molecule has 2 amide bonds. The van der Waals surface area contributed by atoms with Crippen LogP contribution in [0.15, 0.2) is 28.7 Å². The van der Waals surface area contributed by atoms with Gasteiger partial charge in [0.15, 0.2) is 0 Å². The van der Waals surface area contributed by atoms with E-state index in [9.17, 15) is 14.4 Å². The Morgan fingerprint density at radius 2 is 1.85 bits per heavy atom. The van der Waals surface area contributed by atoms with Crippen LogP contribution in [0.25, 0.3) is 0 Å². The van der Waals surface area contributed by atoms with E-state index in [1.807, 2.05) is 12.1 Å². The van der Waals surface area contributed by atoms with Gasteiger partial charge in [-0.05, 0) is 38.0 Å². The van der Waals surface area contributed by atoms with E-state index in [0.29, 0.717) is 11.4 Å². The number of amides is 2. The summed E-state index contributed by atoms with van der Waals surface area (Å²) in [6.07, 6.45) is 0.619. The molecule has 0 radical (unpaired) electrons. The minimum absolute atomic E-state index is 0.0765. The normalized spacial score (nSPS) is 10.4. The molecule has 0 aliphatic carbocycles. The molecule has 0 saturated carbocycles. The topological polar surface area (TPSA) is 112 Å². The number of nitrogens with one attached hydrogen (secondary N) is 1. The summed E-state index contributed by atoms with van der Waals surface area (Å²) >= 11 is 5.82. The third-order valence-electron chi connectivity index (χ3n) is 3.62. The maximum atomic E-state index is 12.2. The van der Waals surface area contributed by atoms with Crippen LogP contribution in [0.3, 0.4) is 0 Å². The average Bonchev–Trinajstić information content (AvgIpc) is 2.90. The number of carbonyl (C=O) groups is 3. The van der Waals surface area contributed by atoms with Gasteiger partial charge in [-0.2, -0.15) is 0 Å². The van der Waals surface area contributed by atoms with Crippen molar-refractivity contribution >= 4 is 35.3 Å². The van der Waals surface area contributed by atoms with Gasteiger partial charge in [-0.25, -0.2) is 4.79 Å². The zero-order chi connectivity index (χ0) is 19.3. The van der Waals surface area contributed by atoms with Crippen LogP contribution < -0.4 is 11.1 Å². The van der Waals surface area contributed by atoms with Crippen molar-refractivity contribution in [2.45, 2.75) is 26.7 Å². The highest BCUT2D eigenvalue weighted by atomic mass is 35.5. The Labute approximate surface area is 155 Å². The van der Waals surface area contributed by atoms with E-state index in [2.05, 4.69) is 5.32 Å². The molecule has 0 saturated heterocycles. The first kappa shape index (κ1) is 19.5. The Morgan fingerprint density at radius 3 is 2.42 bits per heavy atom. The van der Waals surface area contributed by atoms with Crippen molar-refractivity contribution in [3.8, 4) is 0 Å². The summed E-state index contributed by atoms with van der Waals surface area (Å²) in [6.45, 7) is 3.25. The molecule has 0 unspecified atom stereocenters. The summed E-state index contributed by atoms with van der Waals surface area (Å²) in [5, 5.41) is 3.10. The summed E-state index contributed by atoms with van der Waals surface area (Å²) in [4.78, 5) is 35.9. The van der Waals surface area contributed by atoms with E-state index in [0.717, 1.165) is 5.56 Å². The van der Waals surface area contributed by atoms with Gasteiger partial charge in [-0.1, -0.05) is 23.7 Å². The number of nitrogens with two attached hydrogens (primary N) is 1. The zero-order valence-electron chi connectivity index (χ0n) is 14.4. The van der Waals surface area contributed by atoms with Crippen LogP contribution >= 0.6 is 11.6 Å². The van der Waals surface area contributed by atoms with Crippen molar-refractivity contribution in [3.05, 3.63) is 51.7 Å². The molecule has 2 aromatic rings. The van der Waals surface area contributed by atoms with Crippen molar-refractivity contribution in [3.63, 3.8) is 0 Å². The van der Waals surface area contributed by atoms with Crippen molar-refractivity contribution in [2.75, 3.05) is 11.9 Å². The summed E-state index contributed by atoms with van der Waals surface area (Å²) in [6, 6.07) is 7.11. The summed E-state index contributed by atoms with van der Waals surface area (Å²) in [5.74, 6) is -2.02. The highest BCUT2D eigenvalue weighted by Gasteiger charge is 2.28. The molecule has 8 heteroatoms. The Kier molecular flexibility index (Phi) is 6.41. The number of carbonyl (C=O) groups excluding carboxylic acids is 3. The Bertz CT molecular complexity index is 827. The number of aryl methyl sites for hydroxylation is 2. The highest BCUT2D eigenvalue weighted by molar-refractivity contribution is 6.30. The molecule has 3 N–H and O–H groups in total. The van der Waals surface area contributed by atoms with Crippen molar-refractivity contribution in [1.82, 2.24) is 0 Å². The molecular formula is C18H19ClN2O5. The summed E-state index contributed by atoms with van der Waals surface area (Å²) < 4.78 is 10.3. The molecule has 2 rings (SSSR count). The number of furan rings is 1. The minimum atomic E-state index is -0.891. The van der Waals surface area contributed by atoms with Gasteiger partial charge in [0.1, 0.15) is 16.9 Å². The SMILES string of the molecule is CCOC(=O)c1c(C)oc(NC(=O)CCc2ccc(Cl)cc2)c1C(N)=O. The molecule has 1 aromatic heterocycles. The number of ether oxygens (including phenoxy) is 1. The number of esters is 1. The third-order valence-corrected chi connectivity index (χ3v) is 3.87. The smallest absolute Gasteiger partial charge is 0.342 e. The second-order valence-electron chi connectivity index (χ2n) is 5.50. The molecule has 0 aliphatic heterocycles. The number of rotatable bonds is 7. The van der Waals surface area contributed by atoms with Crippen LogP contribution in [-0.4, -0.2) is 24.4 Å². The molecule has 0 fully saturated rings. The lowest BCUT2D eigenvalue weighted by Crippen LogP contribution is -2.20. The summed E-state index contributed by atoms with van der Waals surface area (Å²) in [7, 11) is 0. The lowest BCUT2D eigenvalue weighted by atomic mass is 10.1. The first-order valence-electron chi connectivity index (χ1n) is 7.98. The average molecular weight is 379 g/mol. The van der Waals surface area contributed by atoms with Crippen LogP contribution in [0.1, 0.15) is 45.4 Å².